The lowest BCUT2D eigenvalue weighted by atomic mass is 10.1. The van der Waals surface area contributed by atoms with Crippen molar-refractivity contribution in [2.45, 2.75) is 0 Å². The molecule has 0 aliphatic carbocycles. The van der Waals surface area contributed by atoms with E-state index in [9.17, 15) is 14.9 Å². The monoisotopic (exact) mass is 553 g/mol. The van der Waals surface area contributed by atoms with Gasteiger partial charge in [0.25, 0.3) is 5.69 Å². The quantitative estimate of drug-likeness (QED) is 0.297. The Kier molecular flexibility index (Phi) is 7.55. The van der Waals surface area contributed by atoms with Crippen molar-refractivity contribution >= 4 is 55.2 Å². The van der Waals surface area contributed by atoms with E-state index in [-0.39, 0.29) is 11.6 Å². The second-order valence-electron chi connectivity index (χ2n) is 6.77. The maximum Gasteiger partial charge on any atom is 0.296 e. The zero-order valence-corrected chi connectivity index (χ0v) is 20.2. The first kappa shape index (κ1) is 23.1. The second-order valence-corrected chi connectivity index (χ2v) is 8.54. The molecular weight excluding hydrogens is 534 g/mol. The zero-order valence-electron chi connectivity index (χ0n) is 17.0. The van der Waals surface area contributed by atoms with Crippen molar-refractivity contribution in [3.63, 3.8) is 0 Å². The number of carbonyl (C=O) groups is 1. The van der Waals surface area contributed by atoms with Crippen LogP contribution in [0.15, 0.2) is 45.4 Å². The van der Waals surface area contributed by atoms with Crippen LogP contribution in [0.4, 0.5) is 11.4 Å². The molecule has 1 aliphatic heterocycles. The highest BCUT2D eigenvalue weighted by Crippen LogP contribution is 2.34. The van der Waals surface area contributed by atoms with Gasteiger partial charge in [0.2, 0.25) is 5.91 Å². The van der Waals surface area contributed by atoms with Crippen molar-refractivity contribution in [2.24, 2.45) is 0 Å². The summed E-state index contributed by atoms with van der Waals surface area (Å²) in [6.45, 7) is 1.92. The van der Waals surface area contributed by atoms with Gasteiger partial charge in [-0.3, -0.25) is 14.9 Å². The summed E-state index contributed by atoms with van der Waals surface area (Å²) in [4.78, 5) is 27.4. The van der Waals surface area contributed by atoms with E-state index in [1.165, 1.54) is 19.3 Å². The van der Waals surface area contributed by atoms with Crippen molar-refractivity contribution in [1.82, 2.24) is 4.90 Å². The predicted octanol–water partition coefficient (Wildman–Crippen LogP) is 4.50. The van der Waals surface area contributed by atoms with Gasteiger partial charge in [-0.1, -0.05) is 15.9 Å². The molecule has 0 saturated carbocycles. The average molecular weight is 555 g/mol. The summed E-state index contributed by atoms with van der Waals surface area (Å²) in [5, 5.41) is 11.5. The van der Waals surface area contributed by atoms with Crippen LogP contribution >= 0.6 is 31.9 Å². The summed E-state index contributed by atoms with van der Waals surface area (Å²) in [5.74, 6) is 0.954. The van der Waals surface area contributed by atoms with Crippen LogP contribution in [0.5, 0.6) is 11.5 Å². The molecule has 1 heterocycles. The number of hydrogen-bond donors (Lipinski definition) is 0. The molecule has 0 unspecified atom stereocenters. The molecule has 0 N–H and O–H groups in total. The fourth-order valence-electron chi connectivity index (χ4n) is 3.40. The Balaban J connectivity index is 1.69. The third-order valence-electron chi connectivity index (χ3n) is 4.96. The Labute approximate surface area is 196 Å². The maximum atomic E-state index is 12.7. The lowest BCUT2D eigenvalue weighted by molar-refractivity contribution is -0.384. The number of carbonyl (C=O) groups excluding carboxylic acids is 1. The standard InChI is InChI=1S/C21H21Br2N3O5/c1-30-16-4-5-18(19(13-16)26(28)29)24-7-9-25(10-8-24)20(27)6-3-14-11-15(22)12-17(23)21(14)31-2/h3-6,11-13H,7-10H2,1-2H3. The molecule has 1 aliphatic rings. The highest BCUT2D eigenvalue weighted by atomic mass is 79.9. The van der Waals surface area contributed by atoms with Gasteiger partial charge in [0.05, 0.1) is 29.7 Å². The first-order chi connectivity index (χ1) is 14.8. The highest BCUT2D eigenvalue weighted by Gasteiger charge is 2.25. The van der Waals surface area contributed by atoms with Crippen molar-refractivity contribution in [2.75, 3.05) is 45.3 Å². The Hall–Kier alpha value is -2.59. The molecule has 1 fully saturated rings. The number of nitro groups is 1. The summed E-state index contributed by atoms with van der Waals surface area (Å²) >= 11 is 6.89. The van der Waals surface area contributed by atoms with E-state index in [0.717, 1.165) is 14.5 Å². The molecule has 0 aromatic heterocycles. The van der Waals surface area contributed by atoms with Gasteiger partial charge >= 0.3 is 0 Å². The first-order valence-electron chi connectivity index (χ1n) is 9.41. The summed E-state index contributed by atoms with van der Waals surface area (Å²) < 4.78 is 12.1. The molecule has 8 nitrogen and oxygen atoms in total. The molecule has 2 aromatic carbocycles. The van der Waals surface area contributed by atoms with Crippen LogP contribution in [-0.4, -0.2) is 56.1 Å². The second kappa shape index (κ2) is 10.1. The fraction of sp³-hybridized carbons (Fsp3) is 0.286. The van der Waals surface area contributed by atoms with Gasteiger partial charge in [-0.15, -0.1) is 0 Å². The molecule has 0 bridgehead atoms. The Morgan fingerprint density at radius 2 is 1.81 bits per heavy atom. The number of amides is 1. The Bertz CT molecular complexity index is 1020. The van der Waals surface area contributed by atoms with E-state index in [1.54, 1.807) is 30.2 Å². The topological polar surface area (TPSA) is 85.2 Å². The van der Waals surface area contributed by atoms with E-state index in [0.29, 0.717) is 43.4 Å². The van der Waals surface area contributed by atoms with Crippen LogP contribution in [0.1, 0.15) is 5.56 Å². The number of rotatable bonds is 6. The van der Waals surface area contributed by atoms with Crippen molar-refractivity contribution in [3.05, 3.63) is 61.0 Å². The molecule has 1 saturated heterocycles. The molecule has 0 radical (unpaired) electrons. The van der Waals surface area contributed by atoms with Crippen LogP contribution in [0, 0.1) is 10.1 Å². The number of methoxy groups -OCH3 is 2. The highest BCUT2D eigenvalue weighted by molar-refractivity contribution is 9.11. The predicted molar refractivity (Wildman–Crippen MR) is 126 cm³/mol. The molecule has 0 atom stereocenters. The lowest BCUT2D eigenvalue weighted by Crippen LogP contribution is -2.48. The SMILES string of the molecule is COc1ccc(N2CCN(C(=O)C=Cc3cc(Br)cc(Br)c3OC)CC2)c([N+](=O)[O-])c1. The number of nitrogens with zero attached hydrogens (tertiary/aromatic N) is 3. The fourth-order valence-corrected chi connectivity index (χ4v) is 4.82. The normalized spacial score (nSPS) is 14.1. The maximum absolute atomic E-state index is 12.7. The average Bonchev–Trinajstić information content (AvgIpc) is 2.76. The lowest BCUT2D eigenvalue weighted by Gasteiger charge is -2.35. The minimum Gasteiger partial charge on any atom is -0.496 e. The number of piperazine rings is 1. The third kappa shape index (κ3) is 5.37. The van der Waals surface area contributed by atoms with Gasteiger partial charge in [-0.2, -0.15) is 0 Å². The smallest absolute Gasteiger partial charge is 0.296 e. The molecule has 0 spiro atoms. The first-order valence-corrected chi connectivity index (χ1v) is 11.0. The van der Waals surface area contributed by atoms with E-state index < -0.39 is 4.92 Å². The number of halogens is 2. The molecule has 31 heavy (non-hydrogen) atoms. The van der Waals surface area contributed by atoms with Crippen LogP contribution < -0.4 is 14.4 Å². The minimum atomic E-state index is -0.415. The van der Waals surface area contributed by atoms with Crippen molar-refractivity contribution in [1.29, 1.82) is 0 Å². The van der Waals surface area contributed by atoms with Crippen LogP contribution in [-0.2, 0) is 4.79 Å². The number of ether oxygens (including phenoxy) is 2. The zero-order chi connectivity index (χ0) is 22.5. The van der Waals surface area contributed by atoms with Gasteiger partial charge in [0.15, 0.2) is 0 Å². The van der Waals surface area contributed by atoms with Gasteiger partial charge in [-0.25, -0.2) is 0 Å². The largest absolute Gasteiger partial charge is 0.496 e. The number of anilines is 1. The third-order valence-corrected chi connectivity index (χ3v) is 6.00. The van der Waals surface area contributed by atoms with E-state index in [1.807, 2.05) is 17.0 Å². The molecular formula is C21H21Br2N3O5. The van der Waals surface area contributed by atoms with E-state index in [2.05, 4.69) is 31.9 Å². The van der Waals surface area contributed by atoms with Crippen molar-refractivity contribution < 1.29 is 19.2 Å². The van der Waals surface area contributed by atoms with Gasteiger partial charge in [0.1, 0.15) is 17.2 Å². The summed E-state index contributed by atoms with van der Waals surface area (Å²) in [7, 11) is 3.05. The van der Waals surface area contributed by atoms with Gasteiger partial charge < -0.3 is 19.3 Å². The van der Waals surface area contributed by atoms with Crippen molar-refractivity contribution in [3.8, 4) is 11.5 Å². The Morgan fingerprint density at radius 3 is 2.42 bits per heavy atom. The number of hydrogen-bond acceptors (Lipinski definition) is 6. The Morgan fingerprint density at radius 1 is 1.10 bits per heavy atom. The molecule has 164 valence electrons. The minimum absolute atomic E-state index is 0.00801. The van der Waals surface area contributed by atoms with E-state index in [4.69, 9.17) is 9.47 Å². The van der Waals surface area contributed by atoms with Crippen LogP contribution in [0.3, 0.4) is 0 Å². The molecule has 3 rings (SSSR count). The molecule has 10 heteroatoms. The molecule has 1 amide bonds. The molecule has 2 aromatic rings. The van der Waals surface area contributed by atoms with Gasteiger partial charge in [0, 0.05) is 42.3 Å². The van der Waals surface area contributed by atoms with Crippen LogP contribution in [0.25, 0.3) is 6.08 Å². The number of benzene rings is 2. The summed E-state index contributed by atoms with van der Waals surface area (Å²) in [6.07, 6.45) is 3.24. The summed E-state index contributed by atoms with van der Waals surface area (Å²) in [6, 6.07) is 8.54. The van der Waals surface area contributed by atoms with Crippen LogP contribution in [0.2, 0.25) is 0 Å². The van der Waals surface area contributed by atoms with Gasteiger partial charge in [-0.05, 0) is 46.3 Å². The summed E-state index contributed by atoms with van der Waals surface area (Å²) in [5.41, 5.74) is 1.29. The van der Waals surface area contributed by atoms with E-state index >= 15 is 0 Å². The number of nitro benzene ring substituents is 1.